The van der Waals surface area contributed by atoms with Crippen LogP contribution < -0.4 is 4.74 Å². The molecule has 1 heterocycles. The van der Waals surface area contributed by atoms with Crippen LogP contribution in [0.2, 0.25) is 0 Å². The minimum absolute atomic E-state index is 0.106. The number of aromatic carboxylic acids is 1. The lowest BCUT2D eigenvalue weighted by atomic mass is 10.2. The maximum Gasteiger partial charge on any atom is 0.339 e. The minimum atomic E-state index is -1.04. The lowest BCUT2D eigenvalue weighted by molar-refractivity contribution is 0.0691. The van der Waals surface area contributed by atoms with Crippen LogP contribution in [0.15, 0.2) is 29.0 Å². The van der Waals surface area contributed by atoms with E-state index in [1.165, 1.54) is 12.4 Å². The first-order valence-corrected chi connectivity index (χ1v) is 6.82. The Morgan fingerprint density at radius 1 is 1.50 bits per heavy atom. The standard InChI is InChI=1S/C13H14BrN3O3/c1-8(2)17-12(15-7-16-17)6-20-11-4-3-9(14)5-10(11)13(18)19/h3-5,7-8H,6H2,1-2H3,(H,18,19). The molecule has 0 aliphatic rings. The topological polar surface area (TPSA) is 77.2 Å². The number of aromatic nitrogens is 3. The summed E-state index contributed by atoms with van der Waals surface area (Å²) in [6.07, 6.45) is 1.46. The number of nitrogens with zero attached hydrogens (tertiary/aromatic N) is 3. The van der Waals surface area contributed by atoms with E-state index in [0.717, 1.165) is 0 Å². The molecule has 0 spiro atoms. The van der Waals surface area contributed by atoms with Crippen LogP contribution in [-0.2, 0) is 6.61 Å². The molecule has 106 valence electrons. The van der Waals surface area contributed by atoms with Crippen LogP contribution in [0.4, 0.5) is 0 Å². The fourth-order valence-electron chi connectivity index (χ4n) is 1.75. The Bertz CT molecular complexity index is 625. The molecule has 2 rings (SSSR count). The van der Waals surface area contributed by atoms with Gasteiger partial charge in [0.15, 0.2) is 5.82 Å². The largest absolute Gasteiger partial charge is 0.485 e. The molecule has 0 bridgehead atoms. The van der Waals surface area contributed by atoms with Gasteiger partial charge in [-0.15, -0.1) is 0 Å². The lowest BCUT2D eigenvalue weighted by Crippen LogP contribution is -2.11. The van der Waals surface area contributed by atoms with E-state index < -0.39 is 5.97 Å². The van der Waals surface area contributed by atoms with Crippen molar-refractivity contribution >= 4 is 21.9 Å². The predicted octanol–water partition coefficient (Wildman–Crippen LogP) is 2.90. The normalized spacial score (nSPS) is 10.8. The number of carbonyl (C=O) groups is 1. The van der Waals surface area contributed by atoms with E-state index in [4.69, 9.17) is 9.84 Å². The monoisotopic (exact) mass is 339 g/mol. The van der Waals surface area contributed by atoms with E-state index in [0.29, 0.717) is 16.0 Å². The number of carboxylic acids is 1. The summed E-state index contributed by atoms with van der Waals surface area (Å²) < 4.78 is 7.99. The molecular weight excluding hydrogens is 326 g/mol. The second-order valence-electron chi connectivity index (χ2n) is 4.45. The third-order valence-electron chi connectivity index (χ3n) is 2.67. The number of carboxylic acid groups (broad SMARTS) is 1. The summed E-state index contributed by atoms with van der Waals surface area (Å²) in [4.78, 5) is 15.3. The molecule has 7 heteroatoms. The molecule has 0 saturated heterocycles. The minimum Gasteiger partial charge on any atom is -0.485 e. The smallest absolute Gasteiger partial charge is 0.339 e. The summed E-state index contributed by atoms with van der Waals surface area (Å²) in [5.74, 6) is -0.0788. The molecule has 0 saturated carbocycles. The fraction of sp³-hybridized carbons (Fsp3) is 0.308. The van der Waals surface area contributed by atoms with Gasteiger partial charge < -0.3 is 9.84 Å². The summed E-state index contributed by atoms with van der Waals surface area (Å²) in [5, 5.41) is 13.3. The Morgan fingerprint density at radius 3 is 2.90 bits per heavy atom. The zero-order valence-electron chi connectivity index (χ0n) is 11.1. The highest BCUT2D eigenvalue weighted by atomic mass is 79.9. The molecule has 1 aromatic heterocycles. The third-order valence-corrected chi connectivity index (χ3v) is 3.16. The van der Waals surface area contributed by atoms with Gasteiger partial charge in [-0.3, -0.25) is 0 Å². The summed E-state index contributed by atoms with van der Waals surface area (Å²) in [6.45, 7) is 4.14. The quantitative estimate of drug-likeness (QED) is 0.906. The van der Waals surface area contributed by atoms with Gasteiger partial charge in [0.05, 0.1) is 0 Å². The van der Waals surface area contributed by atoms with E-state index in [1.54, 1.807) is 16.8 Å². The van der Waals surface area contributed by atoms with Gasteiger partial charge >= 0.3 is 5.97 Å². The highest BCUT2D eigenvalue weighted by Gasteiger charge is 2.14. The van der Waals surface area contributed by atoms with E-state index in [2.05, 4.69) is 26.0 Å². The van der Waals surface area contributed by atoms with Crippen molar-refractivity contribution in [3.05, 3.63) is 40.4 Å². The van der Waals surface area contributed by atoms with Crippen molar-refractivity contribution in [2.45, 2.75) is 26.5 Å². The molecule has 0 aliphatic heterocycles. The molecule has 0 aliphatic carbocycles. The van der Waals surface area contributed by atoms with Crippen LogP contribution in [0.25, 0.3) is 0 Å². The molecule has 0 fully saturated rings. The first-order chi connectivity index (χ1) is 9.49. The molecule has 0 atom stereocenters. The van der Waals surface area contributed by atoms with Crippen molar-refractivity contribution in [1.29, 1.82) is 0 Å². The van der Waals surface area contributed by atoms with Crippen LogP contribution in [0.3, 0.4) is 0 Å². The summed E-state index contributed by atoms with van der Waals surface area (Å²) >= 11 is 3.24. The molecule has 20 heavy (non-hydrogen) atoms. The zero-order valence-corrected chi connectivity index (χ0v) is 12.7. The van der Waals surface area contributed by atoms with Crippen molar-refractivity contribution in [2.24, 2.45) is 0 Å². The van der Waals surface area contributed by atoms with Gasteiger partial charge in [0.1, 0.15) is 24.2 Å². The number of ether oxygens (including phenoxy) is 1. The number of benzene rings is 1. The highest BCUT2D eigenvalue weighted by molar-refractivity contribution is 9.10. The van der Waals surface area contributed by atoms with Gasteiger partial charge in [-0.25, -0.2) is 14.5 Å². The van der Waals surface area contributed by atoms with Crippen molar-refractivity contribution in [1.82, 2.24) is 14.8 Å². The van der Waals surface area contributed by atoms with Gasteiger partial charge in [0.25, 0.3) is 0 Å². The predicted molar refractivity (Wildman–Crippen MR) is 75.8 cm³/mol. The van der Waals surface area contributed by atoms with Gasteiger partial charge in [-0.05, 0) is 32.0 Å². The second kappa shape index (κ2) is 6.04. The Labute approximate surface area is 124 Å². The van der Waals surface area contributed by atoms with Crippen LogP contribution in [0.1, 0.15) is 36.1 Å². The van der Waals surface area contributed by atoms with Gasteiger partial charge in [0.2, 0.25) is 0 Å². The van der Waals surface area contributed by atoms with Crippen LogP contribution in [0, 0.1) is 0 Å². The number of halogens is 1. The molecule has 0 amide bonds. The number of rotatable bonds is 5. The summed E-state index contributed by atoms with van der Waals surface area (Å²) in [6, 6.07) is 5.02. The van der Waals surface area contributed by atoms with Crippen LogP contribution in [-0.4, -0.2) is 25.8 Å². The molecule has 6 nitrogen and oxygen atoms in total. The first-order valence-electron chi connectivity index (χ1n) is 6.03. The Hall–Kier alpha value is -1.89. The van der Waals surface area contributed by atoms with E-state index >= 15 is 0 Å². The van der Waals surface area contributed by atoms with E-state index in [-0.39, 0.29) is 18.2 Å². The molecule has 0 unspecified atom stereocenters. The molecule has 0 radical (unpaired) electrons. The molecule has 2 aromatic rings. The Morgan fingerprint density at radius 2 is 2.25 bits per heavy atom. The molecule has 1 N–H and O–H groups in total. The molecule has 1 aromatic carbocycles. The lowest BCUT2D eigenvalue weighted by Gasteiger charge is -2.12. The van der Waals surface area contributed by atoms with Crippen molar-refractivity contribution in [3.8, 4) is 5.75 Å². The van der Waals surface area contributed by atoms with Gasteiger partial charge in [-0.2, -0.15) is 5.10 Å². The first kappa shape index (κ1) is 14.5. The van der Waals surface area contributed by atoms with Gasteiger partial charge in [0, 0.05) is 10.5 Å². The summed E-state index contributed by atoms with van der Waals surface area (Å²) in [5.41, 5.74) is 0.106. The Kier molecular flexibility index (Phi) is 4.39. The van der Waals surface area contributed by atoms with Crippen molar-refractivity contribution in [2.75, 3.05) is 0 Å². The third kappa shape index (κ3) is 3.16. The zero-order chi connectivity index (χ0) is 14.7. The van der Waals surface area contributed by atoms with Gasteiger partial charge in [-0.1, -0.05) is 15.9 Å². The molecular formula is C13H14BrN3O3. The highest BCUT2D eigenvalue weighted by Crippen LogP contribution is 2.24. The number of hydrogen-bond acceptors (Lipinski definition) is 4. The van der Waals surface area contributed by atoms with Crippen LogP contribution in [0.5, 0.6) is 5.75 Å². The SMILES string of the molecule is CC(C)n1ncnc1COc1ccc(Br)cc1C(=O)O. The number of hydrogen-bond donors (Lipinski definition) is 1. The fourth-order valence-corrected chi connectivity index (χ4v) is 2.11. The van der Waals surface area contributed by atoms with E-state index in [9.17, 15) is 4.79 Å². The second-order valence-corrected chi connectivity index (χ2v) is 5.36. The average molecular weight is 340 g/mol. The maximum atomic E-state index is 11.2. The maximum absolute atomic E-state index is 11.2. The van der Waals surface area contributed by atoms with Crippen molar-refractivity contribution < 1.29 is 14.6 Å². The van der Waals surface area contributed by atoms with Crippen LogP contribution >= 0.6 is 15.9 Å². The van der Waals surface area contributed by atoms with Crippen molar-refractivity contribution in [3.63, 3.8) is 0 Å². The van der Waals surface area contributed by atoms with E-state index in [1.807, 2.05) is 13.8 Å². The summed E-state index contributed by atoms with van der Waals surface area (Å²) in [7, 11) is 0. The Balaban J connectivity index is 2.19. The average Bonchev–Trinajstić information content (AvgIpc) is 2.85.